The molecule has 126 valence electrons. The van der Waals surface area contributed by atoms with E-state index in [1.807, 2.05) is 38.1 Å². The number of nitrogens with two attached hydrogens (primary N) is 1. The van der Waals surface area contributed by atoms with Crippen molar-refractivity contribution in [2.24, 2.45) is 11.7 Å². The predicted molar refractivity (Wildman–Crippen MR) is 89.4 cm³/mol. The molecule has 1 aromatic rings. The lowest BCUT2D eigenvalue weighted by molar-refractivity contribution is -0.118. The number of nitrogens with one attached hydrogen (secondary N) is 2. The maximum Gasteiger partial charge on any atom is 0.312 e. The van der Waals surface area contributed by atoms with E-state index >= 15 is 0 Å². The molecule has 1 saturated heterocycles. The first-order valence-electron chi connectivity index (χ1n) is 7.77. The Bertz CT molecular complexity index is 556. The third kappa shape index (κ3) is 4.85. The van der Waals surface area contributed by atoms with Crippen LogP contribution >= 0.6 is 0 Å². The van der Waals surface area contributed by atoms with Gasteiger partial charge in [0, 0.05) is 24.5 Å². The lowest BCUT2D eigenvalue weighted by Crippen LogP contribution is -2.49. The van der Waals surface area contributed by atoms with Crippen LogP contribution in [-0.4, -0.2) is 44.3 Å². The van der Waals surface area contributed by atoms with Crippen molar-refractivity contribution in [1.29, 1.82) is 0 Å². The van der Waals surface area contributed by atoms with Crippen LogP contribution in [0.25, 0.3) is 0 Å². The third-order valence-corrected chi connectivity index (χ3v) is 3.74. The number of rotatable bonds is 5. The van der Waals surface area contributed by atoms with Gasteiger partial charge in [0.25, 0.3) is 0 Å². The Morgan fingerprint density at radius 1 is 1.26 bits per heavy atom. The van der Waals surface area contributed by atoms with E-state index in [2.05, 4.69) is 15.5 Å². The van der Waals surface area contributed by atoms with E-state index in [-0.39, 0.29) is 11.8 Å². The smallest absolute Gasteiger partial charge is 0.312 e. The highest BCUT2D eigenvalue weighted by Crippen LogP contribution is 2.21. The molecular weight excluding hydrogens is 296 g/mol. The Hall–Kier alpha value is -2.28. The van der Waals surface area contributed by atoms with E-state index in [0.29, 0.717) is 18.9 Å². The van der Waals surface area contributed by atoms with Gasteiger partial charge in [-0.2, -0.15) is 0 Å². The topological polar surface area (TPSA) is 96.7 Å². The number of hydrogen-bond acceptors (Lipinski definition) is 4. The SMILES string of the molecule is CC(C)C(NC(N)=O)C(=O)Nc1cccc(N2CCOCC2)c1. The van der Waals surface area contributed by atoms with Gasteiger partial charge in [-0.3, -0.25) is 4.79 Å². The summed E-state index contributed by atoms with van der Waals surface area (Å²) in [4.78, 5) is 25.6. The Balaban J connectivity index is 2.06. The number of carbonyl (C=O) groups excluding carboxylic acids is 2. The van der Waals surface area contributed by atoms with Gasteiger partial charge in [-0.05, 0) is 24.1 Å². The van der Waals surface area contributed by atoms with Crippen molar-refractivity contribution in [2.75, 3.05) is 36.5 Å². The van der Waals surface area contributed by atoms with E-state index in [0.717, 1.165) is 18.8 Å². The summed E-state index contributed by atoms with van der Waals surface area (Å²) >= 11 is 0. The summed E-state index contributed by atoms with van der Waals surface area (Å²) in [6.45, 7) is 6.77. The fourth-order valence-corrected chi connectivity index (χ4v) is 2.51. The maximum absolute atomic E-state index is 12.4. The van der Waals surface area contributed by atoms with Gasteiger partial charge in [0.05, 0.1) is 13.2 Å². The number of urea groups is 1. The number of amides is 3. The van der Waals surface area contributed by atoms with Gasteiger partial charge >= 0.3 is 6.03 Å². The van der Waals surface area contributed by atoms with E-state index in [9.17, 15) is 9.59 Å². The number of primary amides is 1. The number of benzene rings is 1. The molecule has 1 heterocycles. The first-order chi connectivity index (χ1) is 11.0. The molecule has 4 N–H and O–H groups in total. The molecule has 1 fully saturated rings. The van der Waals surface area contributed by atoms with E-state index in [4.69, 9.17) is 10.5 Å². The number of carbonyl (C=O) groups is 2. The van der Waals surface area contributed by atoms with Crippen LogP contribution in [0.4, 0.5) is 16.2 Å². The summed E-state index contributed by atoms with van der Waals surface area (Å²) in [5, 5.41) is 5.32. The molecule has 2 rings (SSSR count). The summed E-state index contributed by atoms with van der Waals surface area (Å²) in [7, 11) is 0. The highest BCUT2D eigenvalue weighted by atomic mass is 16.5. The van der Waals surface area contributed by atoms with Crippen LogP contribution in [0.3, 0.4) is 0 Å². The average molecular weight is 320 g/mol. The summed E-state index contributed by atoms with van der Waals surface area (Å²) in [6, 6.07) is 6.27. The van der Waals surface area contributed by atoms with Crippen LogP contribution in [-0.2, 0) is 9.53 Å². The average Bonchev–Trinajstić information content (AvgIpc) is 2.53. The molecule has 7 heteroatoms. The van der Waals surface area contributed by atoms with Crippen LogP contribution in [0.5, 0.6) is 0 Å². The van der Waals surface area contributed by atoms with Gasteiger partial charge < -0.3 is 26.0 Å². The van der Waals surface area contributed by atoms with Gasteiger partial charge in [0.2, 0.25) is 5.91 Å². The van der Waals surface area contributed by atoms with Crippen molar-refractivity contribution in [3.8, 4) is 0 Å². The molecule has 0 radical (unpaired) electrons. The third-order valence-electron chi connectivity index (χ3n) is 3.74. The molecule has 1 aromatic carbocycles. The summed E-state index contributed by atoms with van der Waals surface area (Å²) in [5.74, 6) is -0.345. The number of ether oxygens (including phenoxy) is 1. The number of morpholine rings is 1. The molecular formula is C16H24N4O3. The predicted octanol–water partition coefficient (Wildman–Crippen LogP) is 1.15. The van der Waals surface area contributed by atoms with Crippen molar-refractivity contribution in [2.45, 2.75) is 19.9 Å². The Morgan fingerprint density at radius 3 is 2.57 bits per heavy atom. The summed E-state index contributed by atoms with van der Waals surface area (Å²) < 4.78 is 5.35. The van der Waals surface area contributed by atoms with Gasteiger partial charge in [-0.1, -0.05) is 19.9 Å². The van der Waals surface area contributed by atoms with E-state index in [1.54, 1.807) is 0 Å². The molecule has 7 nitrogen and oxygen atoms in total. The molecule has 1 unspecified atom stereocenters. The summed E-state index contributed by atoms with van der Waals surface area (Å²) in [6.07, 6.45) is 0. The monoisotopic (exact) mass is 320 g/mol. The van der Waals surface area contributed by atoms with Crippen LogP contribution in [0.15, 0.2) is 24.3 Å². The van der Waals surface area contributed by atoms with Crippen molar-refractivity contribution < 1.29 is 14.3 Å². The molecule has 0 aliphatic carbocycles. The number of nitrogens with zero attached hydrogens (tertiary/aromatic N) is 1. The second-order valence-corrected chi connectivity index (χ2v) is 5.87. The van der Waals surface area contributed by atoms with Crippen LogP contribution in [0, 0.1) is 5.92 Å². The minimum atomic E-state index is -0.707. The van der Waals surface area contributed by atoms with Gasteiger partial charge in [0.15, 0.2) is 0 Å². The molecule has 0 bridgehead atoms. The maximum atomic E-state index is 12.4. The molecule has 0 saturated carbocycles. The Kier molecular flexibility index (Phi) is 5.81. The van der Waals surface area contributed by atoms with Gasteiger partial charge in [-0.15, -0.1) is 0 Å². The van der Waals surface area contributed by atoms with E-state index < -0.39 is 12.1 Å². The second kappa shape index (κ2) is 7.82. The van der Waals surface area contributed by atoms with Gasteiger partial charge in [0.1, 0.15) is 6.04 Å². The fraction of sp³-hybridized carbons (Fsp3) is 0.500. The minimum Gasteiger partial charge on any atom is -0.378 e. The minimum absolute atomic E-state index is 0.0649. The quantitative estimate of drug-likeness (QED) is 0.758. The molecule has 3 amide bonds. The van der Waals surface area contributed by atoms with Crippen LogP contribution < -0.4 is 21.3 Å². The molecule has 1 atom stereocenters. The van der Waals surface area contributed by atoms with E-state index in [1.165, 1.54) is 0 Å². The Morgan fingerprint density at radius 2 is 1.96 bits per heavy atom. The highest BCUT2D eigenvalue weighted by Gasteiger charge is 2.23. The lowest BCUT2D eigenvalue weighted by Gasteiger charge is -2.29. The zero-order valence-electron chi connectivity index (χ0n) is 13.5. The van der Waals surface area contributed by atoms with Gasteiger partial charge in [-0.25, -0.2) is 4.79 Å². The first-order valence-corrected chi connectivity index (χ1v) is 7.77. The zero-order chi connectivity index (χ0) is 16.8. The van der Waals surface area contributed by atoms with Crippen LogP contribution in [0.1, 0.15) is 13.8 Å². The fourth-order valence-electron chi connectivity index (χ4n) is 2.51. The highest BCUT2D eigenvalue weighted by molar-refractivity contribution is 5.97. The first kappa shape index (κ1) is 17.1. The number of hydrogen-bond donors (Lipinski definition) is 3. The second-order valence-electron chi connectivity index (χ2n) is 5.87. The van der Waals surface area contributed by atoms with Crippen molar-refractivity contribution in [3.63, 3.8) is 0 Å². The normalized spacial score (nSPS) is 16.0. The van der Waals surface area contributed by atoms with Crippen molar-refractivity contribution >= 4 is 23.3 Å². The van der Waals surface area contributed by atoms with Crippen molar-refractivity contribution in [1.82, 2.24) is 5.32 Å². The molecule has 0 aromatic heterocycles. The molecule has 1 aliphatic heterocycles. The molecule has 0 spiro atoms. The van der Waals surface area contributed by atoms with Crippen LogP contribution in [0.2, 0.25) is 0 Å². The molecule has 23 heavy (non-hydrogen) atoms. The lowest BCUT2D eigenvalue weighted by atomic mass is 10.0. The summed E-state index contributed by atoms with van der Waals surface area (Å²) in [5.41, 5.74) is 6.86. The number of anilines is 2. The van der Waals surface area contributed by atoms with Crippen molar-refractivity contribution in [3.05, 3.63) is 24.3 Å². The standard InChI is InChI=1S/C16H24N4O3/c1-11(2)14(19-16(17)22)15(21)18-12-4-3-5-13(10-12)20-6-8-23-9-7-20/h3-5,10-11,14H,6-9H2,1-2H3,(H,18,21)(H3,17,19,22). The zero-order valence-corrected chi connectivity index (χ0v) is 13.5. The molecule has 1 aliphatic rings. The Labute approximate surface area is 136 Å². The largest absolute Gasteiger partial charge is 0.378 e.